The van der Waals surface area contributed by atoms with Crippen molar-refractivity contribution in [3.05, 3.63) is 53.3 Å². The molecular formula is C14H15N3O3. The Bertz CT molecular complexity index is 634. The third kappa shape index (κ3) is 3.23. The lowest BCUT2D eigenvalue weighted by atomic mass is 10.1. The normalized spacial score (nSPS) is 10.2. The van der Waals surface area contributed by atoms with Crippen LogP contribution in [0.1, 0.15) is 26.3 Å². The summed E-state index contributed by atoms with van der Waals surface area (Å²) >= 11 is 0. The smallest absolute Gasteiger partial charge is 0.336 e. The van der Waals surface area contributed by atoms with Crippen LogP contribution in [0.4, 0.5) is 0 Å². The summed E-state index contributed by atoms with van der Waals surface area (Å²) in [6.45, 7) is 0.429. The van der Waals surface area contributed by atoms with Crippen LogP contribution < -0.4 is 5.32 Å². The molecule has 0 atom stereocenters. The van der Waals surface area contributed by atoms with E-state index in [2.05, 4.69) is 10.4 Å². The highest BCUT2D eigenvalue weighted by Crippen LogP contribution is 2.08. The number of carboxylic acid groups (broad SMARTS) is 1. The number of nitrogens with one attached hydrogen (secondary N) is 1. The summed E-state index contributed by atoms with van der Waals surface area (Å²) in [6.07, 6.45) is 4.25. The highest BCUT2D eigenvalue weighted by molar-refractivity contribution is 6.04. The molecule has 104 valence electrons. The van der Waals surface area contributed by atoms with Gasteiger partial charge in [-0.2, -0.15) is 5.10 Å². The zero-order chi connectivity index (χ0) is 14.5. The molecular weight excluding hydrogens is 258 g/mol. The molecule has 0 unspecified atom stereocenters. The average molecular weight is 273 g/mol. The predicted molar refractivity (Wildman–Crippen MR) is 72.6 cm³/mol. The first-order valence-electron chi connectivity index (χ1n) is 6.16. The molecule has 2 N–H and O–H groups in total. The predicted octanol–water partition coefficient (Wildman–Crippen LogP) is 1.09. The van der Waals surface area contributed by atoms with Crippen molar-refractivity contribution in [1.29, 1.82) is 0 Å². The van der Waals surface area contributed by atoms with Gasteiger partial charge in [-0.05, 0) is 24.1 Å². The van der Waals surface area contributed by atoms with Gasteiger partial charge in [-0.1, -0.05) is 12.1 Å². The van der Waals surface area contributed by atoms with Crippen molar-refractivity contribution in [2.75, 3.05) is 6.54 Å². The van der Waals surface area contributed by atoms with Crippen molar-refractivity contribution in [1.82, 2.24) is 15.1 Å². The Morgan fingerprint density at radius 2 is 2.00 bits per heavy atom. The Morgan fingerprint density at radius 1 is 1.30 bits per heavy atom. The molecule has 1 amide bonds. The van der Waals surface area contributed by atoms with Crippen LogP contribution in [0.5, 0.6) is 0 Å². The number of aryl methyl sites for hydroxylation is 1. The molecule has 1 heterocycles. The average Bonchev–Trinajstić information content (AvgIpc) is 2.84. The van der Waals surface area contributed by atoms with Gasteiger partial charge in [0, 0.05) is 19.8 Å². The van der Waals surface area contributed by atoms with Crippen LogP contribution in [0, 0.1) is 0 Å². The fraction of sp³-hybridized carbons (Fsp3) is 0.214. The zero-order valence-electron chi connectivity index (χ0n) is 11.0. The molecule has 6 nitrogen and oxygen atoms in total. The van der Waals surface area contributed by atoms with Gasteiger partial charge in [0.2, 0.25) is 0 Å². The van der Waals surface area contributed by atoms with Crippen molar-refractivity contribution in [3.63, 3.8) is 0 Å². The lowest BCUT2D eigenvalue weighted by Gasteiger charge is -2.06. The fourth-order valence-electron chi connectivity index (χ4n) is 1.88. The van der Waals surface area contributed by atoms with Gasteiger partial charge in [-0.15, -0.1) is 0 Å². The maximum absolute atomic E-state index is 12.0. The number of aromatic carboxylic acids is 1. The Morgan fingerprint density at radius 3 is 2.60 bits per heavy atom. The Balaban J connectivity index is 1.97. The van der Waals surface area contributed by atoms with Crippen LogP contribution in [0.15, 0.2) is 36.7 Å². The van der Waals surface area contributed by atoms with Gasteiger partial charge in [-0.25, -0.2) is 4.79 Å². The Labute approximate surface area is 116 Å². The van der Waals surface area contributed by atoms with E-state index in [1.54, 1.807) is 23.0 Å². The minimum absolute atomic E-state index is 0.00591. The number of amides is 1. The second-order valence-corrected chi connectivity index (χ2v) is 4.38. The summed E-state index contributed by atoms with van der Waals surface area (Å²) in [6, 6.07) is 6.15. The molecule has 6 heteroatoms. The van der Waals surface area contributed by atoms with Crippen LogP contribution in [0.25, 0.3) is 0 Å². The summed E-state index contributed by atoms with van der Waals surface area (Å²) in [5.74, 6) is -1.49. The SMILES string of the molecule is Cn1cc(CCNC(=O)c2ccccc2C(=O)O)cn1. The molecule has 0 radical (unpaired) electrons. The van der Waals surface area contributed by atoms with E-state index in [1.165, 1.54) is 12.1 Å². The third-order valence-corrected chi connectivity index (χ3v) is 2.86. The van der Waals surface area contributed by atoms with Gasteiger partial charge < -0.3 is 10.4 Å². The number of hydrogen-bond donors (Lipinski definition) is 2. The number of hydrogen-bond acceptors (Lipinski definition) is 3. The molecule has 2 rings (SSSR count). The first-order chi connectivity index (χ1) is 9.58. The van der Waals surface area contributed by atoms with Gasteiger partial charge >= 0.3 is 5.97 Å². The van der Waals surface area contributed by atoms with E-state index >= 15 is 0 Å². The second-order valence-electron chi connectivity index (χ2n) is 4.38. The summed E-state index contributed by atoms with van der Waals surface area (Å²) in [4.78, 5) is 23.0. The standard InChI is InChI=1S/C14H15N3O3/c1-17-9-10(8-16-17)6-7-15-13(18)11-4-2-3-5-12(11)14(19)20/h2-5,8-9H,6-7H2,1H3,(H,15,18)(H,19,20). The number of carboxylic acids is 1. The van der Waals surface area contributed by atoms with E-state index in [0.717, 1.165) is 5.56 Å². The molecule has 1 aromatic heterocycles. The van der Waals surface area contributed by atoms with Crippen molar-refractivity contribution in [3.8, 4) is 0 Å². The first kappa shape index (κ1) is 13.8. The summed E-state index contributed by atoms with van der Waals surface area (Å²) < 4.78 is 1.69. The minimum Gasteiger partial charge on any atom is -0.478 e. The van der Waals surface area contributed by atoms with Gasteiger partial charge in [0.05, 0.1) is 17.3 Å². The maximum atomic E-state index is 12.0. The molecule has 0 saturated heterocycles. The van der Waals surface area contributed by atoms with Crippen molar-refractivity contribution >= 4 is 11.9 Å². The molecule has 0 aliphatic rings. The lowest BCUT2D eigenvalue weighted by molar-refractivity contribution is 0.0691. The summed E-state index contributed by atoms with van der Waals surface area (Å²) in [5.41, 5.74) is 1.19. The maximum Gasteiger partial charge on any atom is 0.336 e. The Hall–Kier alpha value is -2.63. The molecule has 0 fully saturated rings. The number of rotatable bonds is 5. The van der Waals surface area contributed by atoms with E-state index < -0.39 is 5.97 Å². The fourth-order valence-corrected chi connectivity index (χ4v) is 1.88. The van der Waals surface area contributed by atoms with E-state index in [4.69, 9.17) is 5.11 Å². The molecule has 0 bridgehead atoms. The molecule has 0 spiro atoms. The lowest BCUT2D eigenvalue weighted by Crippen LogP contribution is -2.27. The van der Waals surface area contributed by atoms with Crippen LogP contribution in [0.3, 0.4) is 0 Å². The van der Waals surface area contributed by atoms with Crippen LogP contribution >= 0.6 is 0 Å². The van der Waals surface area contributed by atoms with Crippen molar-refractivity contribution < 1.29 is 14.7 Å². The first-order valence-corrected chi connectivity index (χ1v) is 6.16. The summed E-state index contributed by atoms with van der Waals surface area (Å²) in [5, 5.41) is 15.8. The monoisotopic (exact) mass is 273 g/mol. The number of carbonyl (C=O) groups excluding carboxylic acids is 1. The third-order valence-electron chi connectivity index (χ3n) is 2.86. The number of aromatic nitrogens is 2. The zero-order valence-corrected chi connectivity index (χ0v) is 11.0. The number of nitrogens with zero attached hydrogens (tertiary/aromatic N) is 2. The topological polar surface area (TPSA) is 84.2 Å². The molecule has 20 heavy (non-hydrogen) atoms. The van der Waals surface area contributed by atoms with Crippen molar-refractivity contribution in [2.45, 2.75) is 6.42 Å². The van der Waals surface area contributed by atoms with Crippen molar-refractivity contribution in [2.24, 2.45) is 7.05 Å². The van der Waals surface area contributed by atoms with Crippen LogP contribution in [-0.2, 0) is 13.5 Å². The van der Waals surface area contributed by atoms with Crippen LogP contribution in [0.2, 0.25) is 0 Å². The van der Waals surface area contributed by atoms with E-state index in [-0.39, 0.29) is 17.0 Å². The largest absolute Gasteiger partial charge is 0.478 e. The summed E-state index contributed by atoms with van der Waals surface area (Å²) in [7, 11) is 1.82. The highest BCUT2D eigenvalue weighted by atomic mass is 16.4. The van der Waals surface area contributed by atoms with Gasteiger partial charge in [-0.3, -0.25) is 9.48 Å². The quantitative estimate of drug-likeness (QED) is 0.854. The molecule has 0 aliphatic heterocycles. The molecule has 0 saturated carbocycles. The number of benzene rings is 1. The van der Waals surface area contributed by atoms with Gasteiger partial charge in [0.15, 0.2) is 0 Å². The molecule has 1 aromatic carbocycles. The van der Waals surface area contributed by atoms with Gasteiger partial charge in [0.1, 0.15) is 0 Å². The van der Waals surface area contributed by atoms with Crippen LogP contribution in [-0.4, -0.2) is 33.3 Å². The molecule has 0 aliphatic carbocycles. The van der Waals surface area contributed by atoms with Gasteiger partial charge in [0.25, 0.3) is 5.91 Å². The number of carbonyl (C=O) groups is 2. The Kier molecular flexibility index (Phi) is 4.14. The minimum atomic E-state index is -1.11. The van der Waals surface area contributed by atoms with E-state index in [0.29, 0.717) is 13.0 Å². The highest BCUT2D eigenvalue weighted by Gasteiger charge is 2.15. The van der Waals surface area contributed by atoms with E-state index in [1.807, 2.05) is 13.2 Å². The molecule has 2 aromatic rings. The second kappa shape index (κ2) is 6.01. The van der Waals surface area contributed by atoms with E-state index in [9.17, 15) is 9.59 Å².